The third-order valence-electron chi connectivity index (χ3n) is 2.70. The zero-order chi connectivity index (χ0) is 9.84. The zero-order valence-electron chi connectivity index (χ0n) is 8.53. The Hall–Kier alpha value is -0.320. The summed E-state index contributed by atoms with van der Waals surface area (Å²) in [6.07, 6.45) is 3.33. The molecule has 5 heteroatoms. The number of hydrogen-bond acceptors (Lipinski definition) is 3. The quantitative estimate of drug-likeness (QED) is 0.628. The van der Waals surface area contributed by atoms with Gasteiger partial charge in [-0.05, 0) is 32.2 Å². The van der Waals surface area contributed by atoms with E-state index in [-0.39, 0.29) is 24.4 Å². The molecule has 84 valence electrons. The van der Waals surface area contributed by atoms with E-state index in [9.17, 15) is 4.79 Å². The fraction of sp³-hybridized carbons (Fsp3) is 0.889. The van der Waals surface area contributed by atoms with Gasteiger partial charge in [0.05, 0.1) is 6.04 Å². The molecule has 0 bridgehead atoms. The monoisotopic (exact) mass is 221 g/mol. The Labute approximate surface area is 91.2 Å². The van der Waals surface area contributed by atoms with Crippen molar-refractivity contribution in [3.05, 3.63) is 0 Å². The van der Waals surface area contributed by atoms with Crippen molar-refractivity contribution < 1.29 is 4.79 Å². The molecular weight excluding hydrogens is 202 g/mol. The van der Waals surface area contributed by atoms with Crippen molar-refractivity contribution in [3.8, 4) is 0 Å². The first-order valence-electron chi connectivity index (χ1n) is 4.91. The van der Waals surface area contributed by atoms with Crippen LogP contribution < -0.4 is 16.8 Å². The maximum atomic E-state index is 11.3. The van der Waals surface area contributed by atoms with Crippen LogP contribution in [-0.4, -0.2) is 24.5 Å². The zero-order valence-corrected chi connectivity index (χ0v) is 9.35. The van der Waals surface area contributed by atoms with Crippen molar-refractivity contribution in [2.45, 2.75) is 38.3 Å². The molecule has 0 aromatic heterocycles. The molecule has 0 heterocycles. The highest BCUT2D eigenvalue weighted by molar-refractivity contribution is 5.85. The van der Waals surface area contributed by atoms with Crippen LogP contribution in [0.2, 0.25) is 0 Å². The van der Waals surface area contributed by atoms with Gasteiger partial charge in [0, 0.05) is 6.04 Å². The van der Waals surface area contributed by atoms with Gasteiger partial charge >= 0.3 is 0 Å². The van der Waals surface area contributed by atoms with Gasteiger partial charge in [-0.25, -0.2) is 0 Å². The molecule has 0 radical (unpaired) electrons. The average Bonchev–Trinajstić information content (AvgIpc) is 2.51. The highest BCUT2D eigenvalue weighted by atomic mass is 35.5. The number of amides is 1. The summed E-state index contributed by atoms with van der Waals surface area (Å²) in [5.41, 5.74) is 11.1. The number of halogens is 1. The van der Waals surface area contributed by atoms with Crippen LogP contribution in [0.3, 0.4) is 0 Å². The number of carbonyl (C=O) groups excluding carboxylic acids is 1. The van der Waals surface area contributed by atoms with Crippen LogP contribution >= 0.6 is 12.4 Å². The van der Waals surface area contributed by atoms with Crippen molar-refractivity contribution in [2.75, 3.05) is 6.54 Å². The van der Waals surface area contributed by atoms with Gasteiger partial charge in [0.1, 0.15) is 0 Å². The van der Waals surface area contributed by atoms with E-state index in [0.29, 0.717) is 12.5 Å². The molecule has 4 nitrogen and oxygen atoms in total. The maximum Gasteiger partial charge on any atom is 0.236 e. The molecule has 1 aliphatic rings. The Kier molecular flexibility index (Phi) is 6.08. The number of rotatable bonds is 3. The van der Waals surface area contributed by atoms with E-state index in [2.05, 4.69) is 5.32 Å². The lowest BCUT2D eigenvalue weighted by Gasteiger charge is -2.20. The van der Waals surface area contributed by atoms with Crippen LogP contribution in [0.5, 0.6) is 0 Å². The predicted molar refractivity (Wildman–Crippen MR) is 59.2 cm³/mol. The van der Waals surface area contributed by atoms with E-state index in [1.54, 1.807) is 6.92 Å². The molecular formula is C9H20ClN3O. The van der Waals surface area contributed by atoms with Gasteiger partial charge in [-0.3, -0.25) is 4.79 Å². The highest BCUT2D eigenvalue weighted by Gasteiger charge is 2.27. The van der Waals surface area contributed by atoms with E-state index in [0.717, 1.165) is 19.3 Å². The molecule has 1 rings (SSSR count). The van der Waals surface area contributed by atoms with Gasteiger partial charge in [-0.1, -0.05) is 6.42 Å². The summed E-state index contributed by atoms with van der Waals surface area (Å²) in [7, 11) is 0. The van der Waals surface area contributed by atoms with Crippen LogP contribution in [0.25, 0.3) is 0 Å². The average molecular weight is 222 g/mol. The summed E-state index contributed by atoms with van der Waals surface area (Å²) in [5.74, 6) is 0.382. The molecule has 1 fully saturated rings. The summed E-state index contributed by atoms with van der Waals surface area (Å²) in [6.45, 7) is 2.35. The number of hydrogen-bond donors (Lipinski definition) is 3. The molecule has 1 aliphatic carbocycles. The minimum absolute atomic E-state index is 0. The van der Waals surface area contributed by atoms with Crippen molar-refractivity contribution in [1.82, 2.24) is 5.32 Å². The summed E-state index contributed by atoms with van der Waals surface area (Å²) in [5, 5.41) is 2.94. The molecule has 1 amide bonds. The first kappa shape index (κ1) is 13.7. The first-order chi connectivity index (χ1) is 6.15. The minimum Gasteiger partial charge on any atom is -0.352 e. The minimum atomic E-state index is -0.418. The molecule has 14 heavy (non-hydrogen) atoms. The largest absolute Gasteiger partial charge is 0.352 e. The number of nitrogens with two attached hydrogens (primary N) is 2. The fourth-order valence-corrected chi connectivity index (χ4v) is 1.82. The predicted octanol–water partition coefficient (Wildman–Crippen LogP) is -0.001000. The third kappa shape index (κ3) is 3.44. The number of nitrogens with one attached hydrogen (secondary N) is 1. The van der Waals surface area contributed by atoms with Crippen LogP contribution in [-0.2, 0) is 4.79 Å². The van der Waals surface area contributed by atoms with Gasteiger partial charge in [0.25, 0.3) is 0 Å². The molecule has 5 N–H and O–H groups in total. The van der Waals surface area contributed by atoms with Gasteiger partial charge in [0.2, 0.25) is 5.91 Å². The Balaban J connectivity index is 0.00000169. The van der Waals surface area contributed by atoms with E-state index < -0.39 is 6.04 Å². The van der Waals surface area contributed by atoms with E-state index in [1.807, 2.05) is 0 Å². The van der Waals surface area contributed by atoms with Crippen LogP contribution in [0.15, 0.2) is 0 Å². The standard InChI is InChI=1S/C9H19N3O.ClH/c1-6(11)9(13)12-8-4-2-3-7(8)5-10;/h6-8H,2-5,10-11H2,1H3,(H,12,13);1H/t6-,7?,8?;/m1./s1. The highest BCUT2D eigenvalue weighted by Crippen LogP contribution is 2.24. The Bertz CT molecular complexity index is 187. The molecule has 0 aromatic rings. The van der Waals surface area contributed by atoms with Gasteiger partial charge in [-0.2, -0.15) is 0 Å². The van der Waals surface area contributed by atoms with E-state index in [1.165, 1.54) is 0 Å². The molecule has 2 unspecified atom stereocenters. The maximum absolute atomic E-state index is 11.3. The van der Waals surface area contributed by atoms with Crippen molar-refractivity contribution in [2.24, 2.45) is 17.4 Å². The molecule has 0 aliphatic heterocycles. The second kappa shape index (κ2) is 6.22. The van der Waals surface area contributed by atoms with Gasteiger partial charge in [0.15, 0.2) is 0 Å². The molecule has 0 saturated heterocycles. The summed E-state index contributed by atoms with van der Waals surface area (Å²) < 4.78 is 0. The lowest BCUT2D eigenvalue weighted by Crippen LogP contribution is -2.46. The summed E-state index contributed by atoms with van der Waals surface area (Å²) in [4.78, 5) is 11.3. The molecule has 1 saturated carbocycles. The van der Waals surface area contributed by atoms with E-state index in [4.69, 9.17) is 11.5 Å². The van der Waals surface area contributed by atoms with Crippen LogP contribution in [0.4, 0.5) is 0 Å². The first-order valence-corrected chi connectivity index (χ1v) is 4.91. The lowest BCUT2D eigenvalue weighted by atomic mass is 10.0. The topological polar surface area (TPSA) is 81.1 Å². The molecule has 3 atom stereocenters. The Morgan fingerprint density at radius 2 is 2.21 bits per heavy atom. The summed E-state index contributed by atoms with van der Waals surface area (Å²) in [6, 6.07) is -0.164. The second-order valence-electron chi connectivity index (χ2n) is 3.83. The number of carbonyl (C=O) groups is 1. The smallest absolute Gasteiger partial charge is 0.236 e. The summed E-state index contributed by atoms with van der Waals surface area (Å²) >= 11 is 0. The lowest BCUT2D eigenvalue weighted by molar-refractivity contribution is -0.122. The second-order valence-corrected chi connectivity index (χ2v) is 3.83. The SMILES string of the molecule is C[C@@H](N)C(=O)NC1CCCC1CN.Cl. The van der Waals surface area contributed by atoms with Gasteiger partial charge in [-0.15, -0.1) is 12.4 Å². The van der Waals surface area contributed by atoms with Gasteiger partial charge < -0.3 is 16.8 Å². The Morgan fingerprint density at radius 1 is 1.57 bits per heavy atom. The third-order valence-corrected chi connectivity index (χ3v) is 2.70. The van der Waals surface area contributed by atoms with Crippen LogP contribution in [0, 0.1) is 5.92 Å². The van der Waals surface area contributed by atoms with E-state index >= 15 is 0 Å². The van der Waals surface area contributed by atoms with Crippen molar-refractivity contribution >= 4 is 18.3 Å². The Morgan fingerprint density at radius 3 is 2.71 bits per heavy atom. The van der Waals surface area contributed by atoms with Crippen LogP contribution in [0.1, 0.15) is 26.2 Å². The van der Waals surface area contributed by atoms with Crippen molar-refractivity contribution in [3.63, 3.8) is 0 Å². The van der Waals surface area contributed by atoms with Crippen molar-refractivity contribution in [1.29, 1.82) is 0 Å². The fourth-order valence-electron chi connectivity index (χ4n) is 1.82. The molecule has 0 spiro atoms. The molecule has 0 aromatic carbocycles. The normalized spacial score (nSPS) is 27.9.